The van der Waals surface area contributed by atoms with E-state index in [4.69, 9.17) is 24.0 Å². The molecule has 14 atom stereocenters. The molecule has 50 heavy (non-hydrogen) atoms. The van der Waals surface area contributed by atoms with E-state index >= 15 is 0 Å². The molecule has 0 saturated carbocycles. The fraction of sp³-hybridized carbons (Fsp3) is 0.875. The lowest BCUT2D eigenvalue weighted by atomic mass is 9.61. The molecule has 4 aliphatic heterocycles. The normalized spacial score (nSPS) is 47.1. The van der Waals surface area contributed by atoms with E-state index in [1.54, 1.807) is 0 Å². The van der Waals surface area contributed by atoms with Crippen LogP contribution in [0.4, 0.5) is 0 Å². The lowest BCUT2D eigenvalue weighted by Crippen LogP contribution is -2.87. The van der Waals surface area contributed by atoms with Crippen LogP contribution in [-0.2, 0) is 43.2 Å². The van der Waals surface area contributed by atoms with Gasteiger partial charge in [-0.2, -0.15) is 4.89 Å². The largest absolute Gasteiger partial charge is 0.388 e. The van der Waals surface area contributed by atoms with E-state index in [0.717, 1.165) is 13.8 Å². The lowest BCUT2D eigenvalue weighted by molar-refractivity contribution is -0.480. The van der Waals surface area contributed by atoms with Crippen LogP contribution in [0.2, 0.25) is 0 Å². The molecule has 4 saturated heterocycles. The van der Waals surface area contributed by atoms with Gasteiger partial charge in [0.2, 0.25) is 5.78 Å². The molecule has 1 spiro atoms. The first kappa shape index (κ1) is 40.9. The maximum atomic E-state index is 14.6. The zero-order chi connectivity index (χ0) is 37.2. The molecule has 4 heterocycles. The van der Waals surface area contributed by atoms with Crippen LogP contribution < -0.4 is 0 Å². The highest BCUT2D eigenvalue weighted by molar-refractivity contribution is 6.05. The van der Waals surface area contributed by atoms with Crippen LogP contribution in [0.15, 0.2) is 0 Å². The third-order valence-corrected chi connectivity index (χ3v) is 10.2. The summed E-state index contributed by atoms with van der Waals surface area (Å²) >= 11 is 0. The first-order valence-electron chi connectivity index (χ1n) is 17.0. The molecule has 4 rings (SSSR count). The number of aliphatic hydroxyl groups excluding tert-OH is 7. The maximum Gasteiger partial charge on any atom is 0.296 e. The van der Waals surface area contributed by atoms with Gasteiger partial charge in [-0.05, 0) is 39.5 Å². The van der Waals surface area contributed by atoms with Gasteiger partial charge in [0, 0.05) is 19.3 Å². The zero-order valence-corrected chi connectivity index (χ0v) is 28.0. The number of rotatable bonds is 2. The molecule has 0 aromatic rings. The second-order valence-corrected chi connectivity index (χ2v) is 13.8. The van der Waals surface area contributed by atoms with Crippen molar-refractivity contribution < 1.29 is 89.1 Å². The summed E-state index contributed by atoms with van der Waals surface area (Å²) in [6.45, 7) is 1.42. The molecule has 0 amide bonds. The van der Waals surface area contributed by atoms with Gasteiger partial charge in [-0.3, -0.25) is 19.2 Å². The van der Waals surface area contributed by atoms with Crippen molar-refractivity contribution in [3.8, 4) is 0 Å². The summed E-state index contributed by atoms with van der Waals surface area (Å²) < 4.78 is 17.4. The predicted molar refractivity (Wildman–Crippen MR) is 163 cm³/mol. The second kappa shape index (κ2) is 16.4. The van der Waals surface area contributed by atoms with Gasteiger partial charge in [-0.25, -0.2) is 4.89 Å². The highest BCUT2D eigenvalue weighted by Gasteiger charge is 2.81. The van der Waals surface area contributed by atoms with Crippen molar-refractivity contribution in [3.63, 3.8) is 0 Å². The summed E-state index contributed by atoms with van der Waals surface area (Å²) in [7, 11) is 0. The lowest BCUT2D eigenvalue weighted by Gasteiger charge is -2.59. The van der Waals surface area contributed by atoms with Crippen molar-refractivity contribution in [2.75, 3.05) is 13.2 Å². The standard InChI is InChI=1S/C32H50O18/c1-15-21(37)23(39)25(41)28(48-15)30(44)27(43)19(35)13-17(33)9-5-3-7-11-46-32(20(36)14-18(34)10-6-4-8-12-47-50-32)31(30,45)29-26(42)24(40)22(38)16(2)49-29/h15-16,19,21-26,28-29,35,37-42,44-45H,3-14H2,1-2H3/t15-,16-,19?,21+,22+,23+,24+,25-,26-,28+,29+,30-,31-,32?/m0/s1. The molecule has 4 aliphatic rings. The zero-order valence-electron chi connectivity index (χ0n) is 28.0. The van der Waals surface area contributed by atoms with Crippen LogP contribution in [0.5, 0.6) is 0 Å². The number of hydrogen-bond acceptors (Lipinski definition) is 18. The number of aliphatic hydroxyl groups is 9. The average molecular weight is 723 g/mol. The van der Waals surface area contributed by atoms with Crippen LogP contribution in [0.3, 0.4) is 0 Å². The Labute approximate surface area is 287 Å². The molecule has 18 heteroatoms. The Morgan fingerprint density at radius 2 is 1.14 bits per heavy atom. The SMILES string of the molecule is C[C@@H]1O[C@@H]([C@@]2(O)C3(OCCCCCC(=O)CC(O)C(=O)[C@]2(O)[C@@H]2O[C@@H](C)[C@@H](O)[C@@H](O)[C@@H]2O)OOCCCCCC(=O)CC3=O)[C@@H](O)[C@H](O)[C@@H]1O. The van der Waals surface area contributed by atoms with Crippen molar-refractivity contribution >= 4 is 23.1 Å². The van der Waals surface area contributed by atoms with Crippen molar-refractivity contribution in [1.82, 2.24) is 0 Å². The highest BCUT2D eigenvalue weighted by atomic mass is 17.2. The quantitative estimate of drug-likeness (QED) is 0.0983. The first-order valence-corrected chi connectivity index (χ1v) is 17.0. The summed E-state index contributed by atoms with van der Waals surface area (Å²) in [5.74, 6) is -8.42. The summed E-state index contributed by atoms with van der Waals surface area (Å²) in [5, 5.41) is 103. The van der Waals surface area contributed by atoms with E-state index in [2.05, 4.69) is 0 Å². The molecule has 0 bridgehead atoms. The summed E-state index contributed by atoms with van der Waals surface area (Å²) in [5.41, 5.74) is -8.14. The molecule has 9 N–H and O–H groups in total. The van der Waals surface area contributed by atoms with Crippen molar-refractivity contribution in [1.29, 1.82) is 0 Å². The fourth-order valence-electron chi connectivity index (χ4n) is 7.18. The minimum atomic E-state index is -4.08. The minimum absolute atomic E-state index is 0.0287. The Balaban J connectivity index is 2.14. The van der Waals surface area contributed by atoms with Gasteiger partial charge < -0.3 is 60.2 Å². The molecular formula is C32H50O18. The smallest absolute Gasteiger partial charge is 0.296 e. The summed E-state index contributed by atoms with van der Waals surface area (Å²) in [6.07, 6.45) is -25.1. The molecule has 0 radical (unpaired) electrons. The van der Waals surface area contributed by atoms with Gasteiger partial charge >= 0.3 is 0 Å². The Kier molecular flexibility index (Phi) is 13.4. The van der Waals surface area contributed by atoms with Crippen LogP contribution in [-0.4, -0.2) is 166 Å². The predicted octanol–water partition coefficient (Wildman–Crippen LogP) is -3.58. The van der Waals surface area contributed by atoms with E-state index in [-0.39, 0.29) is 45.1 Å². The minimum Gasteiger partial charge on any atom is -0.388 e. The van der Waals surface area contributed by atoms with Crippen LogP contribution in [0.25, 0.3) is 0 Å². The van der Waals surface area contributed by atoms with Crippen molar-refractivity contribution in [2.45, 2.75) is 162 Å². The highest BCUT2D eigenvalue weighted by Crippen LogP contribution is 2.50. The molecular weight excluding hydrogens is 672 g/mol. The third kappa shape index (κ3) is 7.34. The molecule has 0 aliphatic carbocycles. The first-order chi connectivity index (χ1) is 23.4. The van der Waals surface area contributed by atoms with Crippen LogP contribution in [0.1, 0.15) is 78.1 Å². The number of ketones is 4. The number of ether oxygens (including phenoxy) is 3. The van der Waals surface area contributed by atoms with E-state index in [9.17, 15) is 65.1 Å². The topological polar surface area (TPSA) is 296 Å². The summed E-state index contributed by atoms with van der Waals surface area (Å²) in [6, 6.07) is 0. The molecule has 0 aromatic carbocycles. The van der Waals surface area contributed by atoms with E-state index in [0.29, 0.717) is 12.8 Å². The number of carbonyl (C=O) groups excluding carboxylic acids is 4. The monoisotopic (exact) mass is 722 g/mol. The van der Waals surface area contributed by atoms with Gasteiger partial charge in [0.25, 0.3) is 5.79 Å². The van der Waals surface area contributed by atoms with Gasteiger partial charge in [-0.1, -0.05) is 12.8 Å². The number of Topliss-reactive ketones (excluding diaryl/α,β-unsaturated/α-hetero) is 4. The number of carbonyl (C=O) groups is 4. The van der Waals surface area contributed by atoms with Crippen LogP contribution >= 0.6 is 0 Å². The Morgan fingerprint density at radius 3 is 1.74 bits per heavy atom. The molecule has 4 fully saturated rings. The fourth-order valence-corrected chi connectivity index (χ4v) is 7.18. The van der Waals surface area contributed by atoms with Crippen LogP contribution in [0, 0.1) is 0 Å². The number of hydrogen-bond donors (Lipinski definition) is 9. The Hall–Kier alpha value is -1.88. The van der Waals surface area contributed by atoms with Crippen molar-refractivity contribution in [2.24, 2.45) is 0 Å². The molecule has 18 nitrogen and oxygen atoms in total. The van der Waals surface area contributed by atoms with E-state index in [1.165, 1.54) is 0 Å². The second-order valence-electron chi connectivity index (χ2n) is 13.8. The van der Waals surface area contributed by atoms with E-state index in [1.807, 2.05) is 0 Å². The van der Waals surface area contributed by atoms with Gasteiger partial charge in [0.05, 0.1) is 31.8 Å². The van der Waals surface area contributed by atoms with Gasteiger partial charge in [0.15, 0.2) is 17.0 Å². The maximum absolute atomic E-state index is 14.6. The van der Waals surface area contributed by atoms with Gasteiger partial charge in [-0.15, -0.1) is 0 Å². The molecule has 2 unspecified atom stereocenters. The molecule has 0 aromatic heterocycles. The van der Waals surface area contributed by atoms with Crippen molar-refractivity contribution in [3.05, 3.63) is 0 Å². The average Bonchev–Trinajstić information content (AvgIpc) is 3.10. The molecule has 286 valence electrons. The third-order valence-electron chi connectivity index (χ3n) is 10.2. The summed E-state index contributed by atoms with van der Waals surface area (Å²) in [4.78, 5) is 66.2. The van der Waals surface area contributed by atoms with E-state index < -0.39 is 127 Å². The Bertz CT molecular complexity index is 1230. The van der Waals surface area contributed by atoms with Gasteiger partial charge in [0.1, 0.15) is 66.5 Å². The Morgan fingerprint density at radius 1 is 0.620 bits per heavy atom.